The van der Waals surface area contributed by atoms with Crippen molar-refractivity contribution >= 4 is 65.9 Å². The molecule has 7 nitrogen and oxygen atoms in total. The van der Waals surface area contributed by atoms with Gasteiger partial charge >= 0.3 is 5.97 Å². The van der Waals surface area contributed by atoms with E-state index < -0.39 is 48.8 Å². The minimum atomic E-state index is -3.47. The van der Waals surface area contributed by atoms with Crippen molar-refractivity contribution in [3.8, 4) is 0 Å². The van der Waals surface area contributed by atoms with Crippen LogP contribution in [-0.2, 0) is 45.2 Å². The molecule has 1 amide bonds. The Bertz CT molecular complexity index is 1520. The summed E-state index contributed by atoms with van der Waals surface area (Å²) in [7, 11) is -3.47. The van der Waals surface area contributed by atoms with E-state index in [9.17, 15) is 18.0 Å². The summed E-state index contributed by atoms with van der Waals surface area (Å²) in [4.78, 5) is 26.8. The highest BCUT2D eigenvalue weighted by atomic mass is 127. The first-order valence-corrected chi connectivity index (χ1v) is 17.1. The largest absolute Gasteiger partial charge is 0.459 e. The summed E-state index contributed by atoms with van der Waals surface area (Å²) in [6.07, 6.45) is 3.33. The Labute approximate surface area is 248 Å². The third-order valence-corrected chi connectivity index (χ3v) is 10.3. The van der Waals surface area contributed by atoms with E-state index in [0.717, 1.165) is 35.8 Å². The van der Waals surface area contributed by atoms with Gasteiger partial charge in [-0.3, -0.25) is 8.36 Å². The fourth-order valence-electron chi connectivity index (χ4n) is 4.50. The number of hydrogen-bond acceptors (Lipinski definition) is 6. The number of rotatable bonds is 9. The molecule has 1 aliphatic rings. The number of esters is 1. The van der Waals surface area contributed by atoms with E-state index in [1.54, 1.807) is 18.2 Å². The molecular weight excluding hydrogens is 674 g/mol. The van der Waals surface area contributed by atoms with Gasteiger partial charge in [0.05, 0.1) is 20.5 Å². The van der Waals surface area contributed by atoms with Gasteiger partial charge in [-0.2, -0.15) is 0 Å². The van der Waals surface area contributed by atoms with Crippen LogP contribution in [0.5, 0.6) is 0 Å². The van der Waals surface area contributed by atoms with Crippen LogP contribution in [0, 0.1) is 3.56 Å². The molecule has 0 saturated heterocycles. The normalized spacial score (nSPS) is 15.7. The molecule has 0 aliphatic heterocycles. The zero-order chi connectivity index (χ0) is 28.2. The molecule has 0 fully saturated rings. The minimum absolute atomic E-state index is 0.00223. The lowest BCUT2D eigenvalue weighted by atomic mass is 9.90. The number of carbonyl (C=O) groups is 2. The van der Waals surface area contributed by atoms with Crippen molar-refractivity contribution in [1.82, 2.24) is 5.32 Å². The smallest absolute Gasteiger partial charge is 0.329 e. The second-order valence-electron chi connectivity index (χ2n) is 9.38. The van der Waals surface area contributed by atoms with Gasteiger partial charge in [0, 0.05) is 16.6 Å². The SMILES string of the molecule is CS(=O)(=O)c1cccc(C[C@H](NC(=O)c2c(Cl)cc3c(c2Cl)CCC(I=N)C3)C(=O)OCc2ccccc2)c1. The maximum absolute atomic E-state index is 13.5. The number of halogens is 3. The van der Waals surface area contributed by atoms with Crippen molar-refractivity contribution in [2.24, 2.45) is 0 Å². The molecule has 0 bridgehead atoms. The van der Waals surface area contributed by atoms with Crippen LogP contribution in [0.1, 0.15) is 39.0 Å². The van der Waals surface area contributed by atoms with Crippen LogP contribution < -0.4 is 5.32 Å². The highest BCUT2D eigenvalue weighted by Gasteiger charge is 2.29. The minimum Gasteiger partial charge on any atom is -0.459 e. The molecule has 2 atom stereocenters. The Morgan fingerprint density at radius 2 is 1.82 bits per heavy atom. The van der Waals surface area contributed by atoms with Gasteiger partial charge < -0.3 is 10.1 Å². The molecule has 2 N–H and O–H groups in total. The first kappa shape index (κ1) is 29.6. The molecule has 4 rings (SSSR count). The second-order valence-corrected chi connectivity index (χ2v) is 14.6. The van der Waals surface area contributed by atoms with Crippen molar-refractivity contribution in [3.05, 3.63) is 98.5 Å². The van der Waals surface area contributed by atoms with Gasteiger partial charge in [-0.1, -0.05) is 65.7 Å². The van der Waals surface area contributed by atoms with Gasteiger partial charge in [0.15, 0.2) is 9.84 Å². The number of ether oxygens (including phenoxy) is 1. The van der Waals surface area contributed by atoms with Crippen LogP contribution in [0.25, 0.3) is 0 Å². The van der Waals surface area contributed by atoms with Crippen molar-refractivity contribution in [1.29, 1.82) is 3.56 Å². The molecule has 11 heteroatoms. The highest BCUT2D eigenvalue weighted by molar-refractivity contribution is 14.1. The van der Waals surface area contributed by atoms with Gasteiger partial charge in [-0.15, -0.1) is 0 Å². The van der Waals surface area contributed by atoms with Crippen LogP contribution >= 0.6 is 44.2 Å². The Kier molecular flexibility index (Phi) is 9.79. The molecule has 0 aromatic heterocycles. The monoisotopic (exact) mass is 700 g/mol. The Hall–Kier alpha value is -2.34. The maximum Gasteiger partial charge on any atom is 0.329 e. The molecule has 1 aliphatic carbocycles. The van der Waals surface area contributed by atoms with E-state index in [2.05, 4.69) is 5.32 Å². The van der Waals surface area contributed by atoms with E-state index >= 15 is 0 Å². The molecule has 0 radical (unpaired) electrons. The number of carbonyl (C=O) groups excluding carboxylic acids is 2. The Morgan fingerprint density at radius 1 is 1.10 bits per heavy atom. The summed E-state index contributed by atoms with van der Waals surface area (Å²) in [5, 5.41) is 3.16. The zero-order valence-corrected chi connectivity index (χ0v) is 25.5. The van der Waals surface area contributed by atoms with Gasteiger partial charge in [0.1, 0.15) is 12.6 Å². The van der Waals surface area contributed by atoms with Crippen LogP contribution in [0.4, 0.5) is 0 Å². The average molecular weight is 701 g/mol. The van der Waals surface area contributed by atoms with E-state index in [1.807, 2.05) is 30.3 Å². The highest BCUT2D eigenvalue weighted by Crippen LogP contribution is 2.38. The molecular formula is C28H27Cl2IN2O5S. The number of hydrogen-bond donors (Lipinski definition) is 2. The van der Waals surface area contributed by atoms with E-state index in [4.69, 9.17) is 31.5 Å². The van der Waals surface area contributed by atoms with Crippen LogP contribution in [-0.4, -0.2) is 36.5 Å². The predicted octanol–water partition coefficient (Wildman–Crippen LogP) is 6.07. The number of alkyl halides is 1. The molecule has 39 heavy (non-hydrogen) atoms. The summed E-state index contributed by atoms with van der Waals surface area (Å²) in [6, 6.07) is 16.0. The van der Waals surface area contributed by atoms with Gasteiger partial charge in [-0.25, -0.2) is 13.2 Å². The van der Waals surface area contributed by atoms with Crippen LogP contribution in [0.15, 0.2) is 65.6 Å². The van der Waals surface area contributed by atoms with Crippen molar-refractivity contribution in [3.63, 3.8) is 0 Å². The van der Waals surface area contributed by atoms with Crippen molar-refractivity contribution < 1.29 is 22.7 Å². The van der Waals surface area contributed by atoms with Crippen molar-refractivity contribution in [2.45, 2.75) is 47.2 Å². The lowest BCUT2D eigenvalue weighted by Gasteiger charge is -2.24. The number of sulfone groups is 1. The standard InChI is InChI=1S/C28H27Cl2IN2O5S/c1-39(36,37)21-9-5-8-18(12-21)13-24(28(35)38-16-17-6-3-2-4-7-17)33-27(34)25-23(29)15-19-14-20(31-32)10-11-22(19)26(25)30/h2-9,12,15,20,24,32H,10-11,13-14,16H2,1H3,(H,33,34)/t20?,24-/m0/s1. The molecule has 0 heterocycles. The number of amides is 1. The topological polar surface area (TPSA) is 113 Å². The third kappa shape index (κ3) is 7.45. The Morgan fingerprint density at radius 3 is 2.51 bits per heavy atom. The number of benzene rings is 3. The molecule has 0 saturated carbocycles. The van der Waals surface area contributed by atoms with E-state index in [0.29, 0.717) is 15.9 Å². The average Bonchev–Trinajstić information content (AvgIpc) is 2.91. The number of fused-ring (bicyclic) bond motifs is 1. The van der Waals surface area contributed by atoms with Crippen LogP contribution in [0.2, 0.25) is 10.0 Å². The second kappa shape index (κ2) is 12.9. The summed E-state index contributed by atoms with van der Waals surface area (Å²) >= 11 is 12.5. The molecule has 3 aromatic rings. The predicted molar refractivity (Wildman–Crippen MR) is 160 cm³/mol. The first-order chi connectivity index (χ1) is 18.6. The van der Waals surface area contributed by atoms with E-state index in [-0.39, 0.29) is 33.5 Å². The fraction of sp³-hybridized carbons (Fsp3) is 0.286. The van der Waals surface area contributed by atoms with Gasteiger partial charge in [0.2, 0.25) is 0 Å². The molecule has 3 aromatic carbocycles. The summed E-state index contributed by atoms with van der Waals surface area (Å²) < 4.78 is 37.8. The van der Waals surface area contributed by atoms with Crippen molar-refractivity contribution in [2.75, 3.05) is 6.26 Å². The molecule has 206 valence electrons. The Balaban J connectivity index is 1.61. The fourth-order valence-corrected chi connectivity index (χ4v) is 7.27. The third-order valence-electron chi connectivity index (χ3n) is 6.52. The quantitative estimate of drug-likeness (QED) is 0.160. The number of nitrogens with one attached hydrogen (secondary N) is 2. The summed E-state index contributed by atoms with van der Waals surface area (Å²) in [5.74, 6) is -1.30. The van der Waals surface area contributed by atoms with E-state index in [1.165, 1.54) is 12.1 Å². The first-order valence-electron chi connectivity index (χ1n) is 12.2. The molecule has 0 spiro atoms. The lowest BCUT2D eigenvalue weighted by molar-refractivity contribution is -0.147. The maximum atomic E-state index is 13.5. The molecule has 1 unspecified atom stereocenters. The lowest BCUT2D eigenvalue weighted by Crippen LogP contribution is -2.43. The van der Waals surface area contributed by atoms with Gasteiger partial charge in [0.25, 0.3) is 5.91 Å². The zero-order valence-electron chi connectivity index (χ0n) is 21.0. The van der Waals surface area contributed by atoms with Gasteiger partial charge in [-0.05, 0) is 80.7 Å². The van der Waals surface area contributed by atoms with Crippen LogP contribution in [0.3, 0.4) is 0 Å². The summed E-state index contributed by atoms with van der Waals surface area (Å²) in [6.45, 7) is 0.00950. The summed E-state index contributed by atoms with van der Waals surface area (Å²) in [5.41, 5.74) is 3.21.